The normalized spacial score (nSPS) is 22.8. The van der Waals surface area contributed by atoms with Gasteiger partial charge >= 0.3 is 0 Å². The van der Waals surface area contributed by atoms with Crippen LogP contribution in [0, 0.1) is 0 Å². The third-order valence-electron chi connectivity index (χ3n) is 6.37. The van der Waals surface area contributed by atoms with Crippen molar-refractivity contribution in [3.63, 3.8) is 0 Å². The third-order valence-corrected chi connectivity index (χ3v) is 6.37. The van der Waals surface area contributed by atoms with E-state index in [-0.39, 0.29) is 30.5 Å². The van der Waals surface area contributed by atoms with Crippen LogP contribution in [-0.4, -0.2) is 57.4 Å². The van der Waals surface area contributed by atoms with Crippen molar-refractivity contribution in [2.45, 2.75) is 89.5 Å². The second-order valence-electron chi connectivity index (χ2n) is 8.29. The average Bonchev–Trinajstić information content (AvgIpc) is 2.97. The van der Waals surface area contributed by atoms with Crippen LogP contribution >= 0.6 is 12.4 Å². The number of halogens is 1. The molecule has 1 aliphatic carbocycles. The number of fused-ring (bicyclic) bond motifs is 1. The maximum Gasteiger partial charge on any atom is 0.251 e. The molecule has 0 aromatic carbocycles. The van der Waals surface area contributed by atoms with Gasteiger partial charge in [-0.15, -0.1) is 22.6 Å². The molecule has 1 aromatic rings. The Morgan fingerprint density at radius 3 is 2.50 bits per heavy atom. The number of nitrogens with zero attached hydrogens (tertiary/aromatic N) is 4. The summed E-state index contributed by atoms with van der Waals surface area (Å²) >= 11 is 0. The summed E-state index contributed by atoms with van der Waals surface area (Å²) in [6.07, 6.45) is 9.15. The van der Waals surface area contributed by atoms with E-state index in [2.05, 4.69) is 20.1 Å². The van der Waals surface area contributed by atoms with Gasteiger partial charge in [-0.25, -0.2) is 0 Å². The highest BCUT2D eigenvalue weighted by atomic mass is 35.5. The monoisotopic (exact) mass is 411 g/mol. The quantitative estimate of drug-likeness (QED) is 0.771. The molecular weight excluding hydrogens is 378 g/mol. The Morgan fingerprint density at radius 1 is 1.07 bits per heavy atom. The Morgan fingerprint density at radius 2 is 1.79 bits per heavy atom. The molecule has 0 spiro atoms. The van der Waals surface area contributed by atoms with Crippen LogP contribution in [0.1, 0.15) is 75.9 Å². The first-order chi connectivity index (χ1) is 13.2. The molecule has 8 heteroatoms. The van der Waals surface area contributed by atoms with Crippen molar-refractivity contribution in [1.82, 2.24) is 25.0 Å². The summed E-state index contributed by atoms with van der Waals surface area (Å²) in [6.45, 7) is 6.25. The number of piperidine rings is 1. The van der Waals surface area contributed by atoms with E-state index in [1.807, 2.05) is 11.8 Å². The summed E-state index contributed by atoms with van der Waals surface area (Å²) in [5.74, 6) is 2.72. The van der Waals surface area contributed by atoms with Crippen LogP contribution in [0.5, 0.6) is 0 Å². The maximum absolute atomic E-state index is 12.8. The molecule has 2 fully saturated rings. The number of hydrogen-bond acceptors (Lipinski definition) is 5. The van der Waals surface area contributed by atoms with Crippen molar-refractivity contribution in [3.8, 4) is 0 Å². The van der Waals surface area contributed by atoms with Crippen molar-refractivity contribution >= 4 is 18.3 Å². The van der Waals surface area contributed by atoms with E-state index in [1.165, 1.54) is 25.7 Å². The number of carbonyl (C=O) groups excluding carboxylic acids is 1. The Labute approximate surface area is 174 Å². The van der Waals surface area contributed by atoms with E-state index < -0.39 is 0 Å². The maximum atomic E-state index is 12.8. The summed E-state index contributed by atoms with van der Waals surface area (Å²) < 4.78 is 8.41. The van der Waals surface area contributed by atoms with Crippen molar-refractivity contribution in [2.24, 2.45) is 0 Å². The lowest BCUT2D eigenvalue weighted by atomic mass is 9.95. The van der Waals surface area contributed by atoms with Crippen LogP contribution in [0.4, 0.5) is 0 Å². The van der Waals surface area contributed by atoms with Crippen LogP contribution in [0.25, 0.3) is 0 Å². The van der Waals surface area contributed by atoms with Gasteiger partial charge in [0, 0.05) is 32.1 Å². The smallest absolute Gasteiger partial charge is 0.251 e. The minimum atomic E-state index is -0.323. The molecule has 28 heavy (non-hydrogen) atoms. The number of aromatic nitrogens is 3. The van der Waals surface area contributed by atoms with Gasteiger partial charge in [0.2, 0.25) is 0 Å². The Bertz CT molecular complexity index is 637. The fourth-order valence-electron chi connectivity index (χ4n) is 4.76. The first-order valence-electron chi connectivity index (χ1n) is 10.8. The van der Waals surface area contributed by atoms with Gasteiger partial charge in [-0.1, -0.05) is 25.7 Å². The first-order valence-corrected chi connectivity index (χ1v) is 10.8. The zero-order valence-electron chi connectivity index (χ0n) is 16.9. The molecule has 0 radical (unpaired) electrons. The molecule has 4 rings (SSSR count). The van der Waals surface area contributed by atoms with Gasteiger partial charge < -0.3 is 19.5 Å². The van der Waals surface area contributed by atoms with Crippen molar-refractivity contribution < 1.29 is 9.53 Å². The van der Waals surface area contributed by atoms with E-state index in [4.69, 9.17) is 4.74 Å². The number of nitrogens with one attached hydrogen (secondary N) is 1. The lowest BCUT2D eigenvalue weighted by Gasteiger charge is -2.34. The van der Waals surface area contributed by atoms with Gasteiger partial charge in [0.1, 0.15) is 17.8 Å². The largest absolute Gasteiger partial charge is 0.365 e. The van der Waals surface area contributed by atoms with E-state index >= 15 is 0 Å². The summed E-state index contributed by atoms with van der Waals surface area (Å²) in [5, 5.41) is 12.1. The van der Waals surface area contributed by atoms with E-state index in [0.717, 1.165) is 70.1 Å². The number of carbonyl (C=O) groups is 1. The van der Waals surface area contributed by atoms with Gasteiger partial charge in [-0.2, -0.15) is 0 Å². The van der Waals surface area contributed by atoms with Crippen molar-refractivity contribution in [1.29, 1.82) is 0 Å². The Kier molecular flexibility index (Phi) is 7.71. The lowest BCUT2D eigenvalue weighted by Crippen LogP contribution is -2.44. The molecule has 1 aromatic heterocycles. The molecule has 1 saturated heterocycles. The van der Waals surface area contributed by atoms with Gasteiger partial charge in [0.25, 0.3) is 5.91 Å². The van der Waals surface area contributed by atoms with Crippen LogP contribution in [0.3, 0.4) is 0 Å². The molecule has 1 amide bonds. The molecule has 2 aliphatic heterocycles. The molecule has 1 atom stereocenters. The lowest BCUT2D eigenvalue weighted by molar-refractivity contribution is -0.147. The minimum absolute atomic E-state index is 0. The predicted molar refractivity (Wildman–Crippen MR) is 110 cm³/mol. The number of hydrogen-bond donors (Lipinski definition) is 1. The topological polar surface area (TPSA) is 72.3 Å². The number of rotatable bonds is 4. The SMILES string of the molecule is CC(OC1CCCCCC1)C(=O)N1CCC(c2nnc3n2CCNC3)CC1.Cl. The summed E-state index contributed by atoms with van der Waals surface area (Å²) in [5.41, 5.74) is 0. The second kappa shape index (κ2) is 10.0. The highest BCUT2D eigenvalue weighted by Crippen LogP contribution is 2.28. The average molecular weight is 412 g/mol. The minimum Gasteiger partial charge on any atom is -0.365 e. The first kappa shape index (κ1) is 21.5. The van der Waals surface area contributed by atoms with Crippen LogP contribution in [0.2, 0.25) is 0 Å². The van der Waals surface area contributed by atoms with Gasteiger partial charge in [0.05, 0.1) is 12.6 Å². The number of likely N-dealkylation sites (tertiary alicyclic amines) is 1. The van der Waals surface area contributed by atoms with Crippen LogP contribution in [-0.2, 0) is 22.6 Å². The van der Waals surface area contributed by atoms with Crippen molar-refractivity contribution in [3.05, 3.63) is 11.6 Å². The van der Waals surface area contributed by atoms with E-state index in [9.17, 15) is 4.79 Å². The Balaban J connectivity index is 0.00000225. The molecule has 7 nitrogen and oxygen atoms in total. The van der Waals surface area contributed by atoms with E-state index in [1.54, 1.807) is 0 Å². The Hall–Kier alpha value is -1.18. The second-order valence-corrected chi connectivity index (χ2v) is 8.29. The fraction of sp³-hybridized carbons (Fsp3) is 0.850. The summed E-state index contributed by atoms with van der Waals surface area (Å²) in [7, 11) is 0. The molecule has 158 valence electrons. The highest BCUT2D eigenvalue weighted by Gasteiger charge is 2.31. The van der Waals surface area contributed by atoms with Gasteiger partial charge in [-0.05, 0) is 32.6 Å². The summed E-state index contributed by atoms with van der Waals surface area (Å²) in [6, 6.07) is 0. The van der Waals surface area contributed by atoms with Gasteiger partial charge in [0.15, 0.2) is 0 Å². The molecule has 3 aliphatic rings. The zero-order valence-corrected chi connectivity index (χ0v) is 17.8. The van der Waals surface area contributed by atoms with Crippen LogP contribution in [0.15, 0.2) is 0 Å². The highest BCUT2D eigenvalue weighted by molar-refractivity contribution is 5.85. The number of amides is 1. The molecular formula is C20H34ClN5O2. The van der Waals surface area contributed by atoms with E-state index in [0.29, 0.717) is 5.92 Å². The molecule has 1 N–H and O–H groups in total. The number of ether oxygens (including phenoxy) is 1. The fourth-order valence-corrected chi connectivity index (χ4v) is 4.76. The third kappa shape index (κ3) is 4.86. The molecule has 0 bridgehead atoms. The summed E-state index contributed by atoms with van der Waals surface area (Å²) in [4.78, 5) is 14.8. The van der Waals surface area contributed by atoms with Crippen molar-refractivity contribution in [2.75, 3.05) is 19.6 Å². The van der Waals surface area contributed by atoms with Gasteiger partial charge in [-0.3, -0.25) is 4.79 Å². The molecule has 1 unspecified atom stereocenters. The molecule has 3 heterocycles. The predicted octanol–water partition coefficient (Wildman–Crippen LogP) is 2.64. The zero-order chi connectivity index (χ0) is 18.6. The molecule has 1 saturated carbocycles. The standard InChI is InChI=1S/C20H33N5O2.ClH/c1-15(27-17-6-4-2-3-5-7-17)20(26)24-11-8-16(9-12-24)19-23-22-18-14-21-10-13-25(18)19;/h15-17,21H,2-14H2,1H3;1H. The van der Waals surface area contributed by atoms with Crippen LogP contribution < -0.4 is 5.32 Å².